The van der Waals surface area contributed by atoms with Gasteiger partial charge in [0.25, 0.3) is 0 Å². The van der Waals surface area contributed by atoms with Gasteiger partial charge in [-0.05, 0) is 44.9 Å². The molecule has 84 heavy (non-hydrogen) atoms. The van der Waals surface area contributed by atoms with Crippen LogP contribution < -0.4 is 5.32 Å². The molecule has 0 aromatic heterocycles. The minimum atomic E-state index is -4.36. The Morgan fingerprint density at radius 3 is 0.952 bits per heavy atom. The van der Waals surface area contributed by atoms with Crippen LogP contribution in [0.4, 0.5) is 0 Å². The van der Waals surface area contributed by atoms with Crippen molar-refractivity contribution < 1.29 is 32.9 Å². The van der Waals surface area contributed by atoms with Gasteiger partial charge in [-0.15, -0.1) is 0 Å². The monoisotopic (exact) mass is 1200 g/mol. The molecular formula is C75H148N2O6P+. The summed E-state index contributed by atoms with van der Waals surface area (Å²) in [5.74, 6) is -0.183. The van der Waals surface area contributed by atoms with Crippen molar-refractivity contribution in [1.82, 2.24) is 5.32 Å². The van der Waals surface area contributed by atoms with Gasteiger partial charge in [0, 0.05) is 6.42 Å². The lowest BCUT2D eigenvalue weighted by Crippen LogP contribution is -2.45. The molecule has 0 aliphatic carbocycles. The molecule has 0 bridgehead atoms. The fourth-order valence-electron chi connectivity index (χ4n) is 11.6. The summed E-state index contributed by atoms with van der Waals surface area (Å²) in [5.41, 5.74) is 0. The van der Waals surface area contributed by atoms with E-state index in [9.17, 15) is 19.4 Å². The molecule has 0 rings (SSSR count). The van der Waals surface area contributed by atoms with Crippen molar-refractivity contribution >= 4 is 13.7 Å². The normalized spacial score (nSPS) is 13.8. The van der Waals surface area contributed by atoms with Gasteiger partial charge in [0.15, 0.2) is 0 Å². The molecule has 0 fully saturated rings. The summed E-state index contributed by atoms with van der Waals surface area (Å²) >= 11 is 0. The number of carbonyl (C=O) groups is 1. The molecule has 0 saturated carbocycles. The fourth-order valence-corrected chi connectivity index (χ4v) is 12.3. The van der Waals surface area contributed by atoms with Gasteiger partial charge in [-0.3, -0.25) is 13.8 Å². The highest BCUT2D eigenvalue weighted by Gasteiger charge is 2.28. The number of amides is 1. The highest BCUT2D eigenvalue weighted by atomic mass is 31.2. The van der Waals surface area contributed by atoms with Crippen molar-refractivity contribution in [3.63, 3.8) is 0 Å². The second kappa shape index (κ2) is 66.1. The summed E-state index contributed by atoms with van der Waals surface area (Å²) in [5, 5.41) is 14.0. The van der Waals surface area contributed by atoms with E-state index < -0.39 is 20.0 Å². The van der Waals surface area contributed by atoms with Crippen molar-refractivity contribution in [2.24, 2.45) is 0 Å². The van der Waals surface area contributed by atoms with Crippen LogP contribution in [-0.2, 0) is 18.4 Å². The number of aliphatic hydroxyl groups excluding tert-OH is 1. The molecule has 3 N–H and O–H groups in total. The first-order valence-corrected chi connectivity index (χ1v) is 38.9. The number of carbonyl (C=O) groups excluding carboxylic acids is 1. The molecule has 0 radical (unpaired) electrons. The van der Waals surface area contributed by atoms with Crippen LogP contribution >= 0.6 is 7.82 Å². The topological polar surface area (TPSA) is 105 Å². The number of phosphoric acid groups is 1. The van der Waals surface area contributed by atoms with Crippen molar-refractivity contribution in [3.05, 3.63) is 36.5 Å². The van der Waals surface area contributed by atoms with Crippen LogP contribution in [0.1, 0.15) is 386 Å². The van der Waals surface area contributed by atoms with Gasteiger partial charge in [0.2, 0.25) is 5.91 Å². The van der Waals surface area contributed by atoms with Crippen molar-refractivity contribution in [2.45, 2.75) is 398 Å². The number of likely N-dealkylation sites (N-methyl/N-ethyl adjacent to an activating group) is 1. The predicted octanol–water partition coefficient (Wildman–Crippen LogP) is 24.0. The zero-order valence-electron chi connectivity index (χ0n) is 57.2. The maximum Gasteiger partial charge on any atom is 0.472 e. The Labute approximate surface area is 525 Å². The number of quaternary nitrogens is 1. The second-order valence-corrected chi connectivity index (χ2v) is 28.5. The highest BCUT2D eigenvalue weighted by Crippen LogP contribution is 2.43. The third-order valence-electron chi connectivity index (χ3n) is 17.3. The third kappa shape index (κ3) is 68.2. The van der Waals surface area contributed by atoms with E-state index in [4.69, 9.17) is 9.05 Å². The molecule has 0 saturated heterocycles. The molecular weight excluding hydrogens is 1060 g/mol. The van der Waals surface area contributed by atoms with Crippen molar-refractivity contribution in [3.8, 4) is 0 Å². The first kappa shape index (κ1) is 82.7. The van der Waals surface area contributed by atoms with Crippen LogP contribution in [0, 0.1) is 0 Å². The Morgan fingerprint density at radius 2 is 0.655 bits per heavy atom. The molecule has 498 valence electrons. The zero-order chi connectivity index (χ0) is 61.2. The SMILES string of the molecule is CCCCCCCCCCCCCC/C=C/CC/C=C/CC/C=C/C(O)C(COP(=O)(O)OCC[N+](C)(C)C)NC(=O)CCCCCCCCCCCCCCCCCCCCCCCCCCCCCCCCCCCCCCCCCC. The average molecular weight is 1200 g/mol. The van der Waals surface area contributed by atoms with E-state index in [-0.39, 0.29) is 19.1 Å². The average Bonchev–Trinajstić information content (AvgIpc) is 3.56. The minimum Gasteiger partial charge on any atom is -0.387 e. The zero-order valence-corrected chi connectivity index (χ0v) is 58.1. The minimum absolute atomic E-state index is 0.0554. The maximum atomic E-state index is 13.0. The molecule has 1 amide bonds. The Hall–Kier alpha value is -1.28. The largest absolute Gasteiger partial charge is 0.472 e. The molecule has 3 atom stereocenters. The smallest absolute Gasteiger partial charge is 0.387 e. The van der Waals surface area contributed by atoms with E-state index in [1.807, 2.05) is 27.2 Å². The van der Waals surface area contributed by atoms with Crippen molar-refractivity contribution in [2.75, 3.05) is 40.9 Å². The van der Waals surface area contributed by atoms with Gasteiger partial charge in [-0.25, -0.2) is 4.57 Å². The summed E-state index contributed by atoms with van der Waals surface area (Å²) in [6, 6.07) is -0.869. The number of phosphoric ester groups is 1. The molecule has 3 unspecified atom stereocenters. The van der Waals surface area contributed by atoms with Crippen LogP contribution in [-0.4, -0.2) is 73.4 Å². The molecule has 0 heterocycles. The van der Waals surface area contributed by atoms with E-state index in [1.54, 1.807) is 6.08 Å². The summed E-state index contributed by atoms with van der Waals surface area (Å²) in [6.45, 7) is 4.84. The summed E-state index contributed by atoms with van der Waals surface area (Å²) in [4.78, 5) is 23.4. The first-order chi connectivity index (χ1) is 41.0. The second-order valence-electron chi connectivity index (χ2n) is 27.0. The van der Waals surface area contributed by atoms with Gasteiger partial charge in [0.1, 0.15) is 13.2 Å². The van der Waals surface area contributed by atoms with E-state index in [0.717, 1.165) is 44.9 Å². The van der Waals surface area contributed by atoms with Crippen LogP contribution in [0.25, 0.3) is 0 Å². The van der Waals surface area contributed by atoms with Crippen LogP contribution in [0.5, 0.6) is 0 Å². The summed E-state index contributed by atoms with van der Waals surface area (Å²) in [7, 11) is 1.56. The number of unbranched alkanes of at least 4 members (excludes halogenated alkanes) is 53. The Balaban J connectivity index is 3.93. The lowest BCUT2D eigenvalue weighted by atomic mass is 10.0. The number of aliphatic hydroxyl groups is 1. The van der Waals surface area contributed by atoms with E-state index in [1.165, 1.54) is 321 Å². The van der Waals surface area contributed by atoms with E-state index in [0.29, 0.717) is 17.4 Å². The van der Waals surface area contributed by atoms with E-state index in [2.05, 4.69) is 43.5 Å². The molecule has 0 spiro atoms. The van der Waals surface area contributed by atoms with Crippen LogP contribution in [0.3, 0.4) is 0 Å². The number of nitrogens with zero attached hydrogens (tertiary/aromatic N) is 1. The lowest BCUT2D eigenvalue weighted by Gasteiger charge is -2.25. The van der Waals surface area contributed by atoms with Gasteiger partial charge in [-0.2, -0.15) is 0 Å². The Bertz CT molecular complexity index is 1460. The number of rotatable bonds is 70. The maximum absolute atomic E-state index is 13.0. The Kier molecular flexibility index (Phi) is 65.1. The number of allylic oxidation sites excluding steroid dienone is 5. The quantitative estimate of drug-likeness (QED) is 0.0243. The molecule has 0 aliphatic rings. The van der Waals surface area contributed by atoms with Crippen molar-refractivity contribution in [1.29, 1.82) is 0 Å². The fraction of sp³-hybridized carbons (Fsp3) is 0.907. The van der Waals surface area contributed by atoms with Gasteiger partial charge >= 0.3 is 7.82 Å². The summed E-state index contributed by atoms with van der Waals surface area (Å²) < 4.78 is 23.8. The van der Waals surface area contributed by atoms with Gasteiger partial charge in [0.05, 0.1) is 39.9 Å². The van der Waals surface area contributed by atoms with Gasteiger partial charge in [-0.1, -0.05) is 371 Å². The van der Waals surface area contributed by atoms with Crippen LogP contribution in [0.15, 0.2) is 36.5 Å². The number of hydrogen-bond donors (Lipinski definition) is 3. The van der Waals surface area contributed by atoms with Crippen LogP contribution in [0.2, 0.25) is 0 Å². The molecule has 0 aromatic rings. The van der Waals surface area contributed by atoms with Gasteiger partial charge < -0.3 is 19.8 Å². The molecule has 0 aliphatic heterocycles. The number of nitrogens with one attached hydrogen (secondary N) is 1. The standard InChI is InChI=1S/C75H147N2O6P/c1-6-8-10-12-14-16-18-20-22-24-26-28-30-31-32-33-34-35-36-37-38-39-40-41-42-43-44-45-46-47-49-51-53-55-57-59-61-63-65-67-69-75(79)76-73(72-83-84(80,81)82-71-70-77(3,4)5)74(78)68-66-64-62-60-58-56-54-52-50-48-29-27-25-23-21-19-17-15-13-11-9-7-2/h50,52,58,60,66,68,73-74,78H,6-49,51,53-57,59,61-65,67,69-72H2,1-5H3,(H-,76,79,80,81)/p+1/b52-50+,60-58+,68-66+. The highest BCUT2D eigenvalue weighted by molar-refractivity contribution is 7.47. The first-order valence-electron chi connectivity index (χ1n) is 37.4. The third-order valence-corrected chi connectivity index (χ3v) is 18.3. The molecule has 9 heteroatoms. The summed E-state index contributed by atoms with van der Waals surface area (Å²) in [6.07, 6.45) is 89.1. The number of hydrogen-bond acceptors (Lipinski definition) is 5. The molecule has 8 nitrogen and oxygen atoms in total. The molecule has 0 aromatic carbocycles. The predicted molar refractivity (Wildman–Crippen MR) is 369 cm³/mol. The van der Waals surface area contributed by atoms with E-state index >= 15 is 0 Å². The Morgan fingerprint density at radius 1 is 0.393 bits per heavy atom. The lowest BCUT2D eigenvalue weighted by molar-refractivity contribution is -0.870.